The zero-order valence-electron chi connectivity index (χ0n) is 6.86. The van der Waals surface area contributed by atoms with Crippen molar-refractivity contribution in [2.45, 2.75) is 20.1 Å². The molecule has 0 aliphatic carbocycles. The van der Waals surface area contributed by atoms with Crippen molar-refractivity contribution in [3.8, 4) is 0 Å². The van der Waals surface area contributed by atoms with Crippen LogP contribution < -0.4 is 0 Å². The molecule has 1 heterocycles. The first kappa shape index (κ1) is 9.07. The van der Waals surface area contributed by atoms with E-state index < -0.39 is 14.5 Å². The van der Waals surface area contributed by atoms with E-state index in [1.165, 1.54) is 7.11 Å². The Kier molecular flexibility index (Phi) is 2.60. The summed E-state index contributed by atoms with van der Waals surface area (Å²) in [6.45, 7) is 4.27. The van der Waals surface area contributed by atoms with Gasteiger partial charge in [0.25, 0.3) is 0 Å². The van der Waals surface area contributed by atoms with E-state index in [0.717, 1.165) is 0 Å². The molecule has 0 aromatic heterocycles. The van der Waals surface area contributed by atoms with Gasteiger partial charge in [-0.2, -0.15) is 0 Å². The van der Waals surface area contributed by atoms with Crippen molar-refractivity contribution in [3.63, 3.8) is 0 Å². The normalized spacial score (nSPS) is 33.7. The van der Waals surface area contributed by atoms with E-state index >= 15 is 0 Å². The van der Waals surface area contributed by atoms with Gasteiger partial charge in [0.2, 0.25) is 6.29 Å². The lowest BCUT2D eigenvalue weighted by molar-refractivity contribution is -0.162. The average molecular weight is 179 g/mol. The number of methoxy groups -OCH3 is 1. The molecule has 0 N–H and O–H groups in total. The van der Waals surface area contributed by atoms with Crippen LogP contribution >= 0.6 is 8.25 Å². The summed E-state index contributed by atoms with van der Waals surface area (Å²) < 4.78 is 25.5. The molecule has 64 valence electrons. The quantitative estimate of drug-likeness (QED) is 0.574. The highest BCUT2D eigenvalue weighted by Gasteiger charge is 2.46. The van der Waals surface area contributed by atoms with E-state index in [9.17, 15) is 4.57 Å². The van der Waals surface area contributed by atoms with Crippen LogP contribution in [0.15, 0.2) is 0 Å². The minimum atomic E-state index is -1.97. The molecule has 4 nitrogen and oxygen atoms in total. The molecule has 0 aromatic carbocycles. The molecular formula is C6H12O4P+. The fraction of sp³-hybridized carbons (Fsp3) is 1.00. The number of hydrogen-bond donors (Lipinski definition) is 0. The van der Waals surface area contributed by atoms with Crippen LogP contribution in [0.5, 0.6) is 0 Å². The molecule has 2 unspecified atom stereocenters. The third kappa shape index (κ3) is 1.97. The molecule has 2 atom stereocenters. The molecule has 0 radical (unpaired) electrons. The summed E-state index contributed by atoms with van der Waals surface area (Å²) in [6, 6.07) is 0. The largest absolute Gasteiger partial charge is 0.700 e. The molecule has 1 rings (SSSR count). The minimum Gasteiger partial charge on any atom is -0.351 e. The van der Waals surface area contributed by atoms with Gasteiger partial charge in [0, 0.05) is 17.1 Å². The topological polar surface area (TPSA) is 44.8 Å². The van der Waals surface area contributed by atoms with Gasteiger partial charge in [-0.05, 0) is 0 Å². The zero-order valence-corrected chi connectivity index (χ0v) is 7.76. The Morgan fingerprint density at radius 1 is 1.64 bits per heavy atom. The predicted molar refractivity (Wildman–Crippen MR) is 39.2 cm³/mol. The molecule has 0 saturated carbocycles. The van der Waals surface area contributed by atoms with Crippen molar-refractivity contribution in [2.75, 3.05) is 13.7 Å². The van der Waals surface area contributed by atoms with E-state index in [1.807, 2.05) is 13.8 Å². The lowest BCUT2D eigenvalue weighted by Crippen LogP contribution is -2.38. The van der Waals surface area contributed by atoms with Gasteiger partial charge in [-0.15, -0.1) is 4.52 Å². The van der Waals surface area contributed by atoms with Crippen LogP contribution in [0, 0.1) is 5.41 Å². The Balaban J connectivity index is 2.63. The van der Waals surface area contributed by atoms with Gasteiger partial charge in [0.05, 0.1) is 0 Å². The van der Waals surface area contributed by atoms with Gasteiger partial charge in [0.1, 0.15) is 6.61 Å². The molecular weight excluding hydrogens is 167 g/mol. The van der Waals surface area contributed by atoms with Crippen molar-refractivity contribution >= 4 is 8.25 Å². The highest BCUT2D eigenvalue weighted by molar-refractivity contribution is 7.33. The first-order valence-corrected chi connectivity index (χ1v) is 4.45. The van der Waals surface area contributed by atoms with Gasteiger partial charge in [-0.3, -0.25) is 0 Å². The molecule has 1 aliphatic rings. The second-order valence-corrected chi connectivity index (χ2v) is 4.07. The van der Waals surface area contributed by atoms with Crippen LogP contribution in [-0.4, -0.2) is 20.0 Å². The average Bonchev–Trinajstić information content (AvgIpc) is 1.94. The maximum absolute atomic E-state index is 10.7. The van der Waals surface area contributed by atoms with Crippen LogP contribution in [0.2, 0.25) is 0 Å². The second-order valence-electron chi connectivity index (χ2n) is 3.16. The van der Waals surface area contributed by atoms with Crippen molar-refractivity contribution in [3.05, 3.63) is 0 Å². The molecule has 1 saturated heterocycles. The molecule has 0 amide bonds. The minimum absolute atomic E-state index is 0.224. The Morgan fingerprint density at radius 2 is 2.27 bits per heavy atom. The number of hydrogen-bond acceptors (Lipinski definition) is 4. The maximum Gasteiger partial charge on any atom is 0.700 e. The predicted octanol–water partition coefficient (Wildman–Crippen LogP) is 1.69. The Hall–Kier alpha value is -0.0200. The van der Waals surface area contributed by atoms with E-state index in [2.05, 4.69) is 0 Å². The Morgan fingerprint density at radius 3 is 2.73 bits per heavy atom. The first-order valence-electron chi connectivity index (χ1n) is 3.36. The van der Waals surface area contributed by atoms with Crippen molar-refractivity contribution < 1.29 is 18.3 Å². The second kappa shape index (κ2) is 3.15. The zero-order chi connectivity index (χ0) is 8.48. The lowest BCUT2D eigenvalue weighted by Gasteiger charge is -2.28. The van der Waals surface area contributed by atoms with E-state index in [1.54, 1.807) is 0 Å². The fourth-order valence-electron chi connectivity index (χ4n) is 0.900. The number of ether oxygens (including phenoxy) is 1. The molecule has 5 heteroatoms. The third-order valence-electron chi connectivity index (χ3n) is 1.58. The van der Waals surface area contributed by atoms with Gasteiger partial charge in [-0.25, -0.2) is 0 Å². The van der Waals surface area contributed by atoms with Crippen molar-refractivity contribution in [1.82, 2.24) is 0 Å². The van der Waals surface area contributed by atoms with Crippen LogP contribution in [-0.2, 0) is 18.3 Å². The van der Waals surface area contributed by atoms with Crippen molar-refractivity contribution in [1.29, 1.82) is 0 Å². The van der Waals surface area contributed by atoms with Crippen LogP contribution in [0.1, 0.15) is 13.8 Å². The van der Waals surface area contributed by atoms with Crippen molar-refractivity contribution in [2.24, 2.45) is 5.41 Å². The monoisotopic (exact) mass is 179 g/mol. The smallest absolute Gasteiger partial charge is 0.351 e. The highest BCUT2D eigenvalue weighted by Crippen LogP contribution is 2.41. The summed E-state index contributed by atoms with van der Waals surface area (Å²) in [4.78, 5) is 0. The van der Waals surface area contributed by atoms with Gasteiger partial charge in [0.15, 0.2) is 0 Å². The molecule has 0 spiro atoms. The highest BCUT2D eigenvalue weighted by atomic mass is 31.1. The number of rotatable bonds is 1. The summed E-state index contributed by atoms with van der Waals surface area (Å²) in [7, 11) is -0.442. The SMILES string of the molecule is COC1O[P+](=O)OCC1(C)C. The van der Waals surface area contributed by atoms with Crippen LogP contribution in [0.25, 0.3) is 0 Å². The summed E-state index contributed by atoms with van der Waals surface area (Å²) >= 11 is 0. The molecule has 1 fully saturated rings. The van der Waals surface area contributed by atoms with E-state index in [-0.39, 0.29) is 5.41 Å². The third-order valence-corrected chi connectivity index (χ3v) is 2.28. The molecule has 1 aliphatic heterocycles. The van der Waals surface area contributed by atoms with Gasteiger partial charge >= 0.3 is 8.25 Å². The maximum atomic E-state index is 10.7. The van der Waals surface area contributed by atoms with Gasteiger partial charge in [-0.1, -0.05) is 18.4 Å². The molecule has 11 heavy (non-hydrogen) atoms. The van der Waals surface area contributed by atoms with Crippen LogP contribution in [0.3, 0.4) is 0 Å². The summed E-state index contributed by atoms with van der Waals surface area (Å²) in [5, 5.41) is 0. The molecule has 0 aromatic rings. The summed E-state index contributed by atoms with van der Waals surface area (Å²) in [5.41, 5.74) is -0.224. The van der Waals surface area contributed by atoms with Gasteiger partial charge < -0.3 is 4.74 Å². The standard InChI is InChI=1S/C6H12O4P/c1-6(2)4-9-11(7)10-5(6)8-3/h5H,4H2,1-3H3/q+1. The fourth-order valence-corrected chi connectivity index (χ4v) is 1.93. The summed E-state index contributed by atoms with van der Waals surface area (Å²) in [6.07, 6.45) is -0.431. The first-order chi connectivity index (χ1) is 5.06. The van der Waals surface area contributed by atoms with Crippen LogP contribution in [0.4, 0.5) is 0 Å². The lowest BCUT2D eigenvalue weighted by atomic mass is 9.94. The Bertz CT molecular complexity index is 168. The Labute approximate surface area is 66.8 Å². The summed E-state index contributed by atoms with van der Waals surface area (Å²) in [5.74, 6) is 0. The van der Waals surface area contributed by atoms with E-state index in [4.69, 9.17) is 13.8 Å². The van der Waals surface area contributed by atoms with E-state index in [0.29, 0.717) is 6.61 Å². The molecule has 0 bridgehead atoms.